The second-order valence-electron chi connectivity index (χ2n) is 5.77. The molecule has 3 rings (SSSR count). The first-order valence-electron chi connectivity index (χ1n) is 7.61. The van der Waals surface area contributed by atoms with E-state index < -0.39 is 11.9 Å². The number of hydrogen-bond donors (Lipinski definition) is 1. The third-order valence-electron chi connectivity index (χ3n) is 4.33. The number of rotatable bonds is 3. The topological polar surface area (TPSA) is 70.5 Å². The number of carboxylic acid groups (broad SMARTS) is 1. The Morgan fingerprint density at radius 1 is 1.22 bits per heavy atom. The second kappa shape index (κ2) is 6.20. The first kappa shape index (κ1) is 15.2. The molecule has 1 fully saturated rings. The molecule has 1 aliphatic heterocycles. The van der Waals surface area contributed by atoms with Crippen molar-refractivity contribution in [2.24, 2.45) is 5.92 Å². The van der Waals surface area contributed by atoms with Gasteiger partial charge >= 0.3 is 5.97 Å². The fourth-order valence-electron chi connectivity index (χ4n) is 2.98. The number of nitrogens with zero attached hydrogens (tertiary/aromatic N) is 2. The molecule has 1 aromatic carbocycles. The summed E-state index contributed by atoms with van der Waals surface area (Å²) in [5, 5.41) is 9.08. The smallest absolute Gasteiger partial charge is 0.308 e. The highest BCUT2D eigenvalue weighted by Crippen LogP contribution is 2.26. The SMILES string of the molecule is Cc1c(C(=O)N2CCC(C(=O)O)C2)cccc1-c1ccccn1. The predicted octanol–water partition coefficient (Wildman–Crippen LogP) is 2.60. The summed E-state index contributed by atoms with van der Waals surface area (Å²) >= 11 is 0. The maximum absolute atomic E-state index is 12.7. The number of aromatic nitrogens is 1. The van der Waals surface area contributed by atoms with E-state index in [1.54, 1.807) is 17.2 Å². The van der Waals surface area contributed by atoms with Crippen molar-refractivity contribution in [3.8, 4) is 11.3 Å². The van der Waals surface area contributed by atoms with Crippen LogP contribution in [0.25, 0.3) is 11.3 Å². The summed E-state index contributed by atoms with van der Waals surface area (Å²) in [7, 11) is 0. The Balaban J connectivity index is 1.89. The molecule has 0 aliphatic carbocycles. The molecule has 118 valence electrons. The quantitative estimate of drug-likeness (QED) is 0.946. The Morgan fingerprint density at radius 3 is 2.70 bits per heavy atom. The van der Waals surface area contributed by atoms with Crippen LogP contribution < -0.4 is 0 Å². The minimum Gasteiger partial charge on any atom is -0.481 e. The number of aliphatic carboxylic acids is 1. The van der Waals surface area contributed by atoms with Gasteiger partial charge in [-0.05, 0) is 37.1 Å². The van der Waals surface area contributed by atoms with E-state index in [9.17, 15) is 9.59 Å². The van der Waals surface area contributed by atoms with Crippen molar-refractivity contribution < 1.29 is 14.7 Å². The normalized spacial score (nSPS) is 17.3. The van der Waals surface area contributed by atoms with Gasteiger partial charge < -0.3 is 10.0 Å². The fraction of sp³-hybridized carbons (Fsp3) is 0.278. The molecule has 5 heteroatoms. The second-order valence-corrected chi connectivity index (χ2v) is 5.77. The van der Waals surface area contributed by atoms with Crippen molar-refractivity contribution in [3.05, 3.63) is 53.7 Å². The molecule has 0 radical (unpaired) electrons. The standard InChI is InChI=1S/C18H18N2O3/c1-12-14(16-7-2-3-9-19-16)5-4-6-15(12)17(21)20-10-8-13(11-20)18(22)23/h2-7,9,13H,8,10-11H2,1H3,(H,22,23). The van der Waals surface area contributed by atoms with E-state index in [0.717, 1.165) is 16.8 Å². The summed E-state index contributed by atoms with van der Waals surface area (Å²) in [6, 6.07) is 11.2. The highest BCUT2D eigenvalue weighted by molar-refractivity contribution is 5.97. The number of carboxylic acids is 1. The molecule has 0 spiro atoms. The molecule has 0 saturated carbocycles. The van der Waals surface area contributed by atoms with Crippen LogP contribution in [0.2, 0.25) is 0 Å². The molecule has 1 aliphatic rings. The van der Waals surface area contributed by atoms with Crippen molar-refractivity contribution in [2.45, 2.75) is 13.3 Å². The summed E-state index contributed by atoms with van der Waals surface area (Å²) in [6.07, 6.45) is 2.24. The van der Waals surface area contributed by atoms with E-state index in [0.29, 0.717) is 18.5 Å². The molecule has 23 heavy (non-hydrogen) atoms. The van der Waals surface area contributed by atoms with Crippen LogP contribution in [0.3, 0.4) is 0 Å². The predicted molar refractivity (Wildman–Crippen MR) is 86.1 cm³/mol. The molecule has 0 bridgehead atoms. The Kier molecular flexibility index (Phi) is 4.10. The van der Waals surface area contributed by atoms with E-state index in [-0.39, 0.29) is 12.5 Å². The number of carbonyl (C=O) groups excluding carboxylic acids is 1. The van der Waals surface area contributed by atoms with Gasteiger partial charge in [0.25, 0.3) is 5.91 Å². The first-order valence-corrected chi connectivity index (χ1v) is 7.61. The Bertz CT molecular complexity index is 743. The number of benzene rings is 1. The maximum Gasteiger partial charge on any atom is 0.308 e. The molecule has 5 nitrogen and oxygen atoms in total. The lowest BCUT2D eigenvalue weighted by Crippen LogP contribution is -2.30. The summed E-state index contributed by atoms with van der Waals surface area (Å²) in [4.78, 5) is 29.8. The van der Waals surface area contributed by atoms with Crippen molar-refractivity contribution in [1.29, 1.82) is 0 Å². The third kappa shape index (κ3) is 2.95. The minimum atomic E-state index is -0.834. The molecule has 2 heterocycles. The molecule has 1 atom stereocenters. The van der Waals surface area contributed by atoms with E-state index in [1.807, 2.05) is 37.3 Å². The monoisotopic (exact) mass is 310 g/mol. The van der Waals surface area contributed by atoms with Gasteiger partial charge in [-0.25, -0.2) is 0 Å². The molecule has 1 unspecified atom stereocenters. The third-order valence-corrected chi connectivity index (χ3v) is 4.33. The average Bonchev–Trinajstić information content (AvgIpc) is 3.05. The van der Waals surface area contributed by atoms with Crippen LogP contribution in [-0.4, -0.2) is 40.0 Å². The lowest BCUT2D eigenvalue weighted by atomic mass is 9.99. The van der Waals surface area contributed by atoms with Gasteiger partial charge in [0.05, 0.1) is 11.6 Å². The molecule has 1 amide bonds. The van der Waals surface area contributed by atoms with Crippen LogP contribution in [0, 0.1) is 12.8 Å². The number of pyridine rings is 1. The van der Waals surface area contributed by atoms with Crippen LogP contribution >= 0.6 is 0 Å². The van der Waals surface area contributed by atoms with Crippen molar-refractivity contribution in [2.75, 3.05) is 13.1 Å². The summed E-state index contributed by atoms with van der Waals surface area (Å²) < 4.78 is 0. The lowest BCUT2D eigenvalue weighted by Gasteiger charge is -2.18. The van der Waals surface area contributed by atoms with Gasteiger partial charge in [-0.1, -0.05) is 18.2 Å². The van der Waals surface area contributed by atoms with Gasteiger partial charge in [-0.15, -0.1) is 0 Å². The molecule has 1 saturated heterocycles. The van der Waals surface area contributed by atoms with Gasteiger partial charge in [0.1, 0.15) is 0 Å². The molecule has 2 aromatic rings. The molecule has 1 aromatic heterocycles. The number of carbonyl (C=O) groups is 2. The largest absolute Gasteiger partial charge is 0.481 e. The zero-order valence-electron chi connectivity index (χ0n) is 12.9. The highest BCUT2D eigenvalue weighted by Gasteiger charge is 2.31. The lowest BCUT2D eigenvalue weighted by molar-refractivity contribution is -0.141. The molecular weight excluding hydrogens is 292 g/mol. The van der Waals surface area contributed by atoms with Gasteiger partial charge in [0.15, 0.2) is 0 Å². The van der Waals surface area contributed by atoms with E-state index in [4.69, 9.17) is 5.11 Å². The molecule has 1 N–H and O–H groups in total. The number of hydrogen-bond acceptors (Lipinski definition) is 3. The summed E-state index contributed by atoms with van der Waals surface area (Å²) in [5.41, 5.74) is 3.23. The Morgan fingerprint density at radius 2 is 2.04 bits per heavy atom. The van der Waals surface area contributed by atoms with Gasteiger partial charge in [-0.3, -0.25) is 14.6 Å². The van der Waals surface area contributed by atoms with Gasteiger partial charge in [0, 0.05) is 30.4 Å². The van der Waals surface area contributed by atoms with Crippen molar-refractivity contribution in [3.63, 3.8) is 0 Å². The van der Waals surface area contributed by atoms with Crippen LogP contribution in [0.5, 0.6) is 0 Å². The summed E-state index contributed by atoms with van der Waals surface area (Å²) in [6.45, 7) is 2.67. The van der Waals surface area contributed by atoms with Crippen molar-refractivity contribution in [1.82, 2.24) is 9.88 Å². The van der Waals surface area contributed by atoms with Crippen LogP contribution in [0.15, 0.2) is 42.6 Å². The van der Waals surface area contributed by atoms with E-state index >= 15 is 0 Å². The Hall–Kier alpha value is -2.69. The fourth-order valence-corrected chi connectivity index (χ4v) is 2.98. The maximum atomic E-state index is 12.7. The van der Waals surface area contributed by atoms with Crippen LogP contribution in [0.4, 0.5) is 0 Å². The number of amides is 1. The zero-order valence-corrected chi connectivity index (χ0v) is 12.9. The number of likely N-dealkylation sites (tertiary alicyclic amines) is 1. The highest BCUT2D eigenvalue weighted by atomic mass is 16.4. The van der Waals surface area contributed by atoms with E-state index in [1.165, 1.54) is 0 Å². The first-order chi connectivity index (χ1) is 11.1. The summed E-state index contributed by atoms with van der Waals surface area (Å²) in [5.74, 6) is -1.40. The van der Waals surface area contributed by atoms with Crippen LogP contribution in [-0.2, 0) is 4.79 Å². The Labute approximate surface area is 134 Å². The van der Waals surface area contributed by atoms with Gasteiger partial charge in [0.2, 0.25) is 0 Å². The van der Waals surface area contributed by atoms with Gasteiger partial charge in [-0.2, -0.15) is 0 Å². The van der Waals surface area contributed by atoms with E-state index in [2.05, 4.69) is 4.98 Å². The molecular formula is C18H18N2O3. The van der Waals surface area contributed by atoms with Crippen molar-refractivity contribution >= 4 is 11.9 Å². The minimum absolute atomic E-state index is 0.107. The average molecular weight is 310 g/mol. The van der Waals surface area contributed by atoms with Crippen LogP contribution in [0.1, 0.15) is 22.3 Å². The zero-order chi connectivity index (χ0) is 16.4.